The van der Waals surface area contributed by atoms with Gasteiger partial charge in [0.15, 0.2) is 0 Å². The number of likely N-dealkylation sites (N-methyl/N-ethyl adjacent to an activating group) is 1. The molecule has 1 heterocycles. The molecule has 0 aliphatic carbocycles. The monoisotopic (exact) mass is 257 g/mol. The molecule has 100 valence electrons. The smallest absolute Gasteiger partial charge is 0.260 e. The van der Waals surface area contributed by atoms with Crippen LogP contribution < -0.4 is 0 Å². The molecular weight excluding hydrogens is 238 g/mol. The van der Waals surface area contributed by atoms with Gasteiger partial charge in [0, 0.05) is 24.6 Å². The lowest BCUT2D eigenvalue weighted by molar-refractivity contribution is -0.137. The Labute approximate surface area is 114 Å². The molecule has 0 bridgehead atoms. The van der Waals surface area contributed by atoms with E-state index >= 15 is 0 Å². The largest absolute Gasteiger partial charge is 0.278 e. The maximum Gasteiger partial charge on any atom is 0.260 e. The molecule has 0 unspecified atom stereocenters. The predicted molar refractivity (Wildman–Crippen MR) is 77.3 cm³/mol. The molecule has 2 amide bonds. The summed E-state index contributed by atoms with van der Waals surface area (Å²) in [6.07, 6.45) is 7.41. The van der Waals surface area contributed by atoms with Crippen molar-refractivity contribution >= 4 is 11.8 Å². The molecule has 1 saturated heterocycles. The van der Waals surface area contributed by atoms with Gasteiger partial charge in [-0.1, -0.05) is 37.5 Å². The zero-order valence-corrected chi connectivity index (χ0v) is 11.7. The number of likely N-dealkylation sites (tertiary alicyclic amines) is 1. The first kappa shape index (κ1) is 14.9. The summed E-state index contributed by atoms with van der Waals surface area (Å²) in [5.41, 5.74) is 2.66. The van der Waals surface area contributed by atoms with Crippen LogP contribution in [-0.2, 0) is 9.59 Å². The first-order valence-corrected chi connectivity index (χ1v) is 6.09. The summed E-state index contributed by atoms with van der Waals surface area (Å²) >= 11 is 0. The van der Waals surface area contributed by atoms with E-state index in [0.29, 0.717) is 17.6 Å². The number of carbonyl (C=O) groups excluding carboxylic acids is 2. The summed E-state index contributed by atoms with van der Waals surface area (Å²) in [4.78, 5) is 25.3. The van der Waals surface area contributed by atoms with Crippen LogP contribution in [0.3, 0.4) is 0 Å². The normalized spacial score (nSPS) is 22.2. The quantitative estimate of drug-likeness (QED) is 0.563. The highest BCUT2D eigenvalue weighted by molar-refractivity contribution is 6.13. The van der Waals surface area contributed by atoms with E-state index in [2.05, 4.69) is 13.2 Å². The van der Waals surface area contributed by atoms with Gasteiger partial charge >= 0.3 is 0 Å². The molecule has 0 N–H and O–H groups in total. The molecule has 3 heteroatoms. The fourth-order valence-electron chi connectivity index (χ4n) is 2.01. The molecule has 0 atom stereocenters. The SMILES string of the molecule is C=C/C=C1\C/C(=C(C)/C=C\C)C(=C)C(=O)N(C)C1=O. The minimum Gasteiger partial charge on any atom is -0.278 e. The van der Waals surface area contributed by atoms with Crippen molar-refractivity contribution in [1.82, 2.24) is 4.90 Å². The molecule has 1 rings (SSSR count). The van der Waals surface area contributed by atoms with Crippen molar-refractivity contribution in [3.8, 4) is 0 Å². The summed E-state index contributed by atoms with van der Waals surface area (Å²) in [6.45, 7) is 11.3. The van der Waals surface area contributed by atoms with E-state index in [4.69, 9.17) is 0 Å². The number of allylic oxidation sites excluding steroid dienone is 5. The van der Waals surface area contributed by atoms with Crippen molar-refractivity contribution in [1.29, 1.82) is 0 Å². The average molecular weight is 257 g/mol. The molecule has 1 aliphatic rings. The van der Waals surface area contributed by atoms with Crippen molar-refractivity contribution in [2.75, 3.05) is 7.05 Å². The molecular formula is C16H19NO2. The van der Waals surface area contributed by atoms with Gasteiger partial charge in [-0.25, -0.2) is 0 Å². The van der Waals surface area contributed by atoms with E-state index in [-0.39, 0.29) is 11.8 Å². The maximum atomic E-state index is 12.1. The number of hydrogen-bond donors (Lipinski definition) is 0. The molecule has 0 aromatic rings. The fourth-order valence-corrected chi connectivity index (χ4v) is 2.01. The van der Waals surface area contributed by atoms with Crippen LogP contribution >= 0.6 is 0 Å². The highest BCUT2D eigenvalue weighted by Crippen LogP contribution is 2.28. The van der Waals surface area contributed by atoms with Gasteiger partial charge in [0.1, 0.15) is 0 Å². The van der Waals surface area contributed by atoms with Crippen LogP contribution in [0.1, 0.15) is 20.3 Å². The number of hydrogen-bond acceptors (Lipinski definition) is 2. The van der Waals surface area contributed by atoms with Crippen LogP contribution in [0.4, 0.5) is 0 Å². The van der Waals surface area contributed by atoms with Gasteiger partial charge < -0.3 is 0 Å². The van der Waals surface area contributed by atoms with Gasteiger partial charge in [-0.15, -0.1) is 0 Å². The molecule has 0 spiro atoms. The van der Waals surface area contributed by atoms with E-state index in [1.807, 2.05) is 26.0 Å². The van der Waals surface area contributed by atoms with E-state index in [0.717, 1.165) is 16.0 Å². The van der Waals surface area contributed by atoms with E-state index in [1.54, 1.807) is 12.2 Å². The van der Waals surface area contributed by atoms with Crippen LogP contribution in [0.15, 0.2) is 59.8 Å². The zero-order chi connectivity index (χ0) is 14.6. The van der Waals surface area contributed by atoms with Gasteiger partial charge in [-0.2, -0.15) is 0 Å². The topological polar surface area (TPSA) is 37.4 Å². The Morgan fingerprint density at radius 3 is 2.47 bits per heavy atom. The Morgan fingerprint density at radius 2 is 1.95 bits per heavy atom. The Hall–Kier alpha value is -2.16. The second-order valence-corrected chi connectivity index (χ2v) is 4.41. The molecule has 1 aliphatic heterocycles. The van der Waals surface area contributed by atoms with Gasteiger partial charge in [-0.05, 0) is 25.0 Å². The lowest BCUT2D eigenvalue weighted by Gasteiger charge is -2.13. The highest BCUT2D eigenvalue weighted by Gasteiger charge is 2.30. The van der Waals surface area contributed by atoms with Crippen LogP contribution in [0.25, 0.3) is 0 Å². The first-order chi connectivity index (χ1) is 8.93. The molecule has 0 aromatic carbocycles. The molecule has 1 fully saturated rings. The summed E-state index contributed by atoms with van der Waals surface area (Å²) in [7, 11) is 1.47. The molecule has 19 heavy (non-hydrogen) atoms. The number of nitrogens with zero attached hydrogens (tertiary/aromatic N) is 1. The lowest BCUT2D eigenvalue weighted by Crippen LogP contribution is -2.32. The average Bonchev–Trinajstić information content (AvgIpc) is 2.46. The van der Waals surface area contributed by atoms with Crippen LogP contribution in [-0.4, -0.2) is 23.8 Å². The van der Waals surface area contributed by atoms with Gasteiger partial charge in [0.05, 0.1) is 0 Å². The van der Waals surface area contributed by atoms with Gasteiger partial charge in [0.25, 0.3) is 11.8 Å². The van der Waals surface area contributed by atoms with Crippen molar-refractivity contribution in [3.63, 3.8) is 0 Å². The standard InChI is InChI=1S/C16H19NO2/c1-6-8-11(3)14-10-13(9-7-2)16(19)17(5)15(18)12(14)4/h6-9H,2,4,10H2,1,3,5H3/b8-6-,13-9+,14-11-. The van der Waals surface area contributed by atoms with Crippen LogP contribution in [0.5, 0.6) is 0 Å². The third-order valence-corrected chi connectivity index (χ3v) is 3.09. The van der Waals surface area contributed by atoms with E-state index < -0.39 is 0 Å². The number of imide groups is 1. The second kappa shape index (κ2) is 6.14. The molecule has 0 radical (unpaired) electrons. The van der Waals surface area contributed by atoms with Crippen molar-refractivity contribution in [3.05, 3.63) is 59.8 Å². The summed E-state index contributed by atoms with van der Waals surface area (Å²) in [6, 6.07) is 0. The molecule has 3 nitrogen and oxygen atoms in total. The third-order valence-electron chi connectivity index (χ3n) is 3.09. The first-order valence-electron chi connectivity index (χ1n) is 6.09. The van der Waals surface area contributed by atoms with Crippen LogP contribution in [0, 0.1) is 0 Å². The minimum atomic E-state index is -0.351. The Balaban J connectivity index is 3.43. The maximum absolute atomic E-state index is 12.1. The van der Waals surface area contributed by atoms with Gasteiger partial charge in [0.2, 0.25) is 0 Å². The van der Waals surface area contributed by atoms with E-state index in [1.165, 1.54) is 7.05 Å². The van der Waals surface area contributed by atoms with Crippen molar-refractivity contribution in [2.24, 2.45) is 0 Å². The lowest BCUT2D eigenvalue weighted by atomic mass is 9.95. The second-order valence-electron chi connectivity index (χ2n) is 4.41. The third kappa shape index (κ3) is 2.99. The molecule has 0 aromatic heterocycles. The summed E-state index contributed by atoms with van der Waals surface area (Å²) in [5, 5.41) is 0. The number of amides is 2. The summed E-state index contributed by atoms with van der Waals surface area (Å²) < 4.78 is 0. The predicted octanol–water partition coefficient (Wildman–Crippen LogP) is 2.94. The van der Waals surface area contributed by atoms with E-state index in [9.17, 15) is 9.59 Å². The fraction of sp³-hybridized carbons (Fsp3) is 0.250. The van der Waals surface area contributed by atoms with Crippen molar-refractivity contribution in [2.45, 2.75) is 20.3 Å². The summed E-state index contributed by atoms with van der Waals surface area (Å²) in [5.74, 6) is -0.648. The van der Waals surface area contributed by atoms with Gasteiger partial charge in [-0.3, -0.25) is 14.5 Å². The number of rotatable bonds is 2. The Kier molecular flexibility index (Phi) is 4.81. The Bertz CT molecular complexity index is 533. The Morgan fingerprint density at radius 1 is 1.32 bits per heavy atom. The molecule has 0 saturated carbocycles. The minimum absolute atomic E-state index is 0.297. The highest BCUT2D eigenvalue weighted by atomic mass is 16.2. The van der Waals surface area contributed by atoms with Crippen LogP contribution in [0.2, 0.25) is 0 Å². The zero-order valence-electron chi connectivity index (χ0n) is 11.7. The van der Waals surface area contributed by atoms with Crippen molar-refractivity contribution < 1.29 is 9.59 Å². The number of carbonyl (C=O) groups is 2.